The first-order valence-corrected chi connectivity index (χ1v) is 10.2. The predicted molar refractivity (Wildman–Crippen MR) is 113 cm³/mol. The number of hydrogen-bond acceptors (Lipinski definition) is 4. The van der Waals surface area contributed by atoms with E-state index in [9.17, 15) is 13.6 Å². The molecule has 0 aliphatic carbocycles. The molecule has 2 heterocycles. The molecule has 8 heteroatoms. The molecule has 0 saturated heterocycles. The van der Waals surface area contributed by atoms with Gasteiger partial charge in [-0.3, -0.25) is 9.78 Å². The van der Waals surface area contributed by atoms with Crippen LogP contribution in [-0.4, -0.2) is 20.4 Å². The van der Waals surface area contributed by atoms with Gasteiger partial charge in [-0.2, -0.15) is 0 Å². The van der Waals surface area contributed by atoms with Crippen molar-refractivity contribution in [1.82, 2.24) is 14.5 Å². The van der Waals surface area contributed by atoms with Gasteiger partial charge in [0, 0.05) is 17.6 Å². The van der Waals surface area contributed by atoms with Gasteiger partial charge in [0.05, 0.1) is 17.2 Å². The summed E-state index contributed by atoms with van der Waals surface area (Å²) in [5.74, 6) is -0.486. The van der Waals surface area contributed by atoms with Gasteiger partial charge in [-0.25, -0.2) is 13.8 Å². The SMILES string of the molecule is Cc1ccc(NC(=O)Cn2c(SCc3cccc(F)c3)nc3ccncc32)cc1F. The quantitative estimate of drug-likeness (QED) is 0.445. The number of benzene rings is 2. The lowest BCUT2D eigenvalue weighted by Crippen LogP contribution is -2.19. The van der Waals surface area contributed by atoms with Crippen LogP contribution in [0, 0.1) is 18.6 Å². The number of nitrogens with zero attached hydrogens (tertiary/aromatic N) is 3. The number of thioether (sulfide) groups is 1. The van der Waals surface area contributed by atoms with Crippen LogP contribution in [0.1, 0.15) is 11.1 Å². The summed E-state index contributed by atoms with van der Waals surface area (Å²) in [7, 11) is 0. The minimum Gasteiger partial charge on any atom is -0.324 e. The molecule has 0 aliphatic rings. The summed E-state index contributed by atoms with van der Waals surface area (Å²) < 4.78 is 29.0. The van der Waals surface area contributed by atoms with Crippen molar-refractivity contribution in [2.24, 2.45) is 0 Å². The Labute approximate surface area is 176 Å². The number of nitrogens with one attached hydrogen (secondary N) is 1. The molecule has 0 unspecified atom stereocenters. The van der Waals surface area contributed by atoms with Crippen LogP contribution in [0.4, 0.5) is 14.5 Å². The van der Waals surface area contributed by atoms with E-state index in [1.54, 1.807) is 48.1 Å². The molecule has 5 nitrogen and oxygen atoms in total. The molecule has 0 radical (unpaired) electrons. The van der Waals surface area contributed by atoms with E-state index in [0.717, 1.165) is 5.56 Å². The number of fused-ring (bicyclic) bond motifs is 1. The first-order valence-electron chi connectivity index (χ1n) is 9.23. The van der Waals surface area contributed by atoms with Gasteiger partial charge < -0.3 is 9.88 Å². The number of carbonyl (C=O) groups is 1. The molecule has 0 atom stereocenters. The van der Waals surface area contributed by atoms with Crippen molar-refractivity contribution < 1.29 is 13.6 Å². The second-order valence-electron chi connectivity index (χ2n) is 6.78. The Bertz CT molecular complexity index is 1220. The van der Waals surface area contributed by atoms with Crippen molar-refractivity contribution in [2.75, 3.05) is 5.32 Å². The van der Waals surface area contributed by atoms with Crippen LogP contribution in [-0.2, 0) is 17.1 Å². The summed E-state index contributed by atoms with van der Waals surface area (Å²) in [6.07, 6.45) is 3.28. The number of halogens is 2. The third-order valence-corrected chi connectivity index (χ3v) is 5.58. The molecule has 0 saturated carbocycles. The molecule has 4 rings (SSSR count). The first kappa shape index (κ1) is 20.0. The predicted octanol–water partition coefficient (Wildman–Crippen LogP) is 4.95. The molecule has 1 N–H and O–H groups in total. The summed E-state index contributed by atoms with van der Waals surface area (Å²) in [5, 5.41) is 3.33. The monoisotopic (exact) mass is 424 g/mol. The smallest absolute Gasteiger partial charge is 0.244 e. The third-order valence-electron chi connectivity index (χ3n) is 4.53. The largest absolute Gasteiger partial charge is 0.324 e. The van der Waals surface area contributed by atoms with E-state index in [1.165, 1.54) is 30.0 Å². The van der Waals surface area contributed by atoms with Gasteiger partial charge in [0.25, 0.3) is 0 Å². The van der Waals surface area contributed by atoms with Crippen molar-refractivity contribution in [1.29, 1.82) is 0 Å². The zero-order valence-electron chi connectivity index (χ0n) is 16.1. The third kappa shape index (κ3) is 4.49. The average molecular weight is 424 g/mol. The highest BCUT2D eigenvalue weighted by Crippen LogP contribution is 2.27. The molecule has 30 heavy (non-hydrogen) atoms. The standard InChI is InChI=1S/C22H18F2N4OS/c1-14-5-6-17(10-18(14)24)26-21(29)12-28-20-11-25-8-7-19(20)27-22(28)30-13-15-3-2-4-16(23)9-15/h2-11H,12-13H2,1H3,(H,26,29). The van der Waals surface area contributed by atoms with Crippen molar-refractivity contribution >= 4 is 34.4 Å². The van der Waals surface area contributed by atoms with Gasteiger partial charge in [-0.15, -0.1) is 0 Å². The minimum absolute atomic E-state index is 0.0107. The summed E-state index contributed by atoms with van der Waals surface area (Å²) >= 11 is 1.40. The highest BCUT2D eigenvalue weighted by atomic mass is 32.2. The lowest BCUT2D eigenvalue weighted by molar-refractivity contribution is -0.116. The van der Waals surface area contributed by atoms with E-state index in [2.05, 4.69) is 15.3 Å². The molecular weight excluding hydrogens is 406 g/mol. The van der Waals surface area contributed by atoms with Gasteiger partial charge in [-0.1, -0.05) is 30.0 Å². The number of pyridine rings is 1. The zero-order chi connectivity index (χ0) is 21.1. The number of amides is 1. The van der Waals surface area contributed by atoms with Crippen molar-refractivity contribution in [3.8, 4) is 0 Å². The number of anilines is 1. The maximum atomic E-state index is 13.8. The molecule has 0 spiro atoms. The van der Waals surface area contributed by atoms with Gasteiger partial charge in [0.2, 0.25) is 5.91 Å². The van der Waals surface area contributed by atoms with Gasteiger partial charge in [-0.05, 0) is 48.4 Å². The van der Waals surface area contributed by atoms with E-state index in [4.69, 9.17) is 0 Å². The van der Waals surface area contributed by atoms with Gasteiger partial charge in [0.15, 0.2) is 5.16 Å². The summed E-state index contributed by atoms with van der Waals surface area (Å²) in [4.78, 5) is 21.3. The van der Waals surface area contributed by atoms with Crippen molar-refractivity contribution in [3.63, 3.8) is 0 Å². The Morgan fingerprint density at radius 3 is 2.83 bits per heavy atom. The zero-order valence-corrected chi connectivity index (χ0v) is 16.9. The summed E-state index contributed by atoms with van der Waals surface area (Å²) in [6, 6.07) is 12.7. The number of rotatable bonds is 6. The lowest BCUT2D eigenvalue weighted by Gasteiger charge is -2.10. The van der Waals surface area contributed by atoms with Crippen LogP contribution in [0.3, 0.4) is 0 Å². The van der Waals surface area contributed by atoms with Crippen LogP contribution in [0.2, 0.25) is 0 Å². The Kier molecular flexibility index (Phi) is 5.76. The number of aromatic nitrogens is 3. The molecule has 0 fully saturated rings. The normalized spacial score (nSPS) is 11.0. The van der Waals surface area contributed by atoms with Crippen LogP contribution in [0.25, 0.3) is 11.0 Å². The fourth-order valence-electron chi connectivity index (χ4n) is 3.00. The number of aryl methyl sites for hydroxylation is 1. The maximum absolute atomic E-state index is 13.8. The van der Waals surface area contributed by atoms with E-state index in [1.807, 2.05) is 6.07 Å². The van der Waals surface area contributed by atoms with E-state index >= 15 is 0 Å². The van der Waals surface area contributed by atoms with Crippen molar-refractivity contribution in [2.45, 2.75) is 24.4 Å². The topological polar surface area (TPSA) is 59.8 Å². The van der Waals surface area contributed by atoms with Crippen molar-refractivity contribution in [3.05, 3.63) is 83.7 Å². The molecule has 4 aromatic rings. The molecule has 2 aromatic heterocycles. The highest BCUT2D eigenvalue weighted by molar-refractivity contribution is 7.98. The Hall–Kier alpha value is -3.26. The number of carbonyl (C=O) groups excluding carboxylic acids is 1. The Morgan fingerprint density at radius 2 is 2.03 bits per heavy atom. The van der Waals surface area contributed by atoms with Crippen LogP contribution < -0.4 is 5.32 Å². The summed E-state index contributed by atoms with van der Waals surface area (Å²) in [6.45, 7) is 1.65. The fraction of sp³-hybridized carbons (Fsp3) is 0.136. The molecule has 0 aliphatic heterocycles. The molecular formula is C22H18F2N4OS. The van der Waals surface area contributed by atoms with E-state index in [0.29, 0.717) is 33.2 Å². The van der Waals surface area contributed by atoms with Crippen LogP contribution in [0.15, 0.2) is 66.1 Å². The molecule has 2 aromatic carbocycles. The first-order chi connectivity index (χ1) is 14.5. The number of hydrogen-bond donors (Lipinski definition) is 1. The van der Waals surface area contributed by atoms with Crippen LogP contribution in [0.5, 0.6) is 0 Å². The molecule has 152 valence electrons. The average Bonchev–Trinajstić information content (AvgIpc) is 3.07. The second kappa shape index (κ2) is 8.62. The van der Waals surface area contributed by atoms with Crippen LogP contribution >= 0.6 is 11.8 Å². The van der Waals surface area contributed by atoms with Gasteiger partial charge in [0.1, 0.15) is 18.2 Å². The maximum Gasteiger partial charge on any atom is 0.244 e. The Morgan fingerprint density at radius 1 is 1.17 bits per heavy atom. The lowest BCUT2D eigenvalue weighted by atomic mass is 10.2. The Balaban J connectivity index is 1.56. The number of imidazole rings is 1. The highest BCUT2D eigenvalue weighted by Gasteiger charge is 2.15. The van der Waals surface area contributed by atoms with E-state index in [-0.39, 0.29) is 24.1 Å². The second-order valence-corrected chi connectivity index (χ2v) is 7.72. The minimum atomic E-state index is -0.378. The van der Waals surface area contributed by atoms with E-state index < -0.39 is 0 Å². The molecule has 0 bridgehead atoms. The fourth-order valence-corrected chi connectivity index (χ4v) is 3.96. The summed E-state index contributed by atoms with van der Waals surface area (Å²) in [5.41, 5.74) is 3.14. The van der Waals surface area contributed by atoms with Gasteiger partial charge >= 0.3 is 0 Å². The molecule has 1 amide bonds.